The van der Waals surface area contributed by atoms with Crippen LogP contribution in [0.1, 0.15) is 30.2 Å². The Hall–Kier alpha value is -2.48. The molecular weight excluding hydrogens is 250 g/mol. The van der Waals surface area contributed by atoms with E-state index in [2.05, 4.69) is 23.4 Å². The van der Waals surface area contributed by atoms with Gasteiger partial charge in [-0.05, 0) is 31.0 Å². The van der Waals surface area contributed by atoms with Gasteiger partial charge in [-0.2, -0.15) is 10.4 Å². The first kappa shape index (κ1) is 13.9. The standard InChI is InChI=1S/C15H19N5/c1-3-8-20-15(14(17)11(2)19-20)18-10-13-6-4-12(9-16)5-7-13/h4-7,18H,3,8,10,17H2,1-2H3. The first-order chi connectivity index (χ1) is 9.65. The van der Waals surface area contributed by atoms with Crippen molar-refractivity contribution in [2.75, 3.05) is 11.1 Å². The molecule has 2 rings (SSSR count). The van der Waals surface area contributed by atoms with Crippen LogP contribution in [0.25, 0.3) is 0 Å². The van der Waals surface area contributed by atoms with Gasteiger partial charge in [0.25, 0.3) is 0 Å². The van der Waals surface area contributed by atoms with Crippen LogP contribution in [0.5, 0.6) is 0 Å². The quantitative estimate of drug-likeness (QED) is 0.874. The van der Waals surface area contributed by atoms with Crippen LogP contribution in [-0.4, -0.2) is 9.78 Å². The molecule has 5 heteroatoms. The van der Waals surface area contributed by atoms with Crippen LogP contribution in [0, 0.1) is 18.3 Å². The average molecular weight is 269 g/mol. The number of aryl methyl sites for hydroxylation is 2. The van der Waals surface area contributed by atoms with Gasteiger partial charge in [0.15, 0.2) is 0 Å². The van der Waals surface area contributed by atoms with E-state index in [9.17, 15) is 0 Å². The Morgan fingerprint density at radius 2 is 2.05 bits per heavy atom. The second-order valence-electron chi connectivity index (χ2n) is 4.73. The lowest BCUT2D eigenvalue weighted by atomic mass is 10.1. The summed E-state index contributed by atoms with van der Waals surface area (Å²) in [5.41, 5.74) is 9.37. The van der Waals surface area contributed by atoms with Gasteiger partial charge >= 0.3 is 0 Å². The third-order valence-corrected chi connectivity index (χ3v) is 3.15. The van der Waals surface area contributed by atoms with E-state index in [4.69, 9.17) is 11.0 Å². The van der Waals surface area contributed by atoms with E-state index in [-0.39, 0.29) is 0 Å². The monoisotopic (exact) mass is 269 g/mol. The van der Waals surface area contributed by atoms with E-state index >= 15 is 0 Å². The zero-order valence-corrected chi connectivity index (χ0v) is 11.8. The van der Waals surface area contributed by atoms with Gasteiger partial charge in [-0.1, -0.05) is 19.1 Å². The molecule has 0 aliphatic rings. The Bertz CT molecular complexity index is 619. The first-order valence-electron chi connectivity index (χ1n) is 6.71. The number of nitrogens with zero attached hydrogens (tertiary/aromatic N) is 3. The fourth-order valence-electron chi connectivity index (χ4n) is 2.04. The minimum Gasteiger partial charge on any atom is -0.394 e. The van der Waals surface area contributed by atoms with E-state index in [1.54, 1.807) is 0 Å². The third kappa shape index (κ3) is 2.91. The number of hydrogen-bond donors (Lipinski definition) is 2. The van der Waals surface area contributed by atoms with Crippen LogP contribution < -0.4 is 11.1 Å². The van der Waals surface area contributed by atoms with Gasteiger partial charge in [-0.15, -0.1) is 0 Å². The number of nitriles is 1. The van der Waals surface area contributed by atoms with Crippen molar-refractivity contribution in [3.8, 4) is 6.07 Å². The number of hydrogen-bond acceptors (Lipinski definition) is 4. The molecule has 104 valence electrons. The van der Waals surface area contributed by atoms with Gasteiger partial charge < -0.3 is 11.1 Å². The number of nitrogens with two attached hydrogens (primary N) is 1. The van der Waals surface area contributed by atoms with Crippen LogP contribution in [0.15, 0.2) is 24.3 Å². The molecule has 0 saturated carbocycles. The highest BCUT2D eigenvalue weighted by Gasteiger charge is 2.11. The van der Waals surface area contributed by atoms with Gasteiger partial charge in [0.2, 0.25) is 0 Å². The maximum absolute atomic E-state index is 8.78. The van der Waals surface area contributed by atoms with Crippen LogP contribution in [0.2, 0.25) is 0 Å². The summed E-state index contributed by atoms with van der Waals surface area (Å²) in [5, 5.41) is 16.5. The molecule has 0 unspecified atom stereocenters. The van der Waals surface area contributed by atoms with Crippen LogP contribution in [0.3, 0.4) is 0 Å². The van der Waals surface area contributed by atoms with Crippen molar-refractivity contribution >= 4 is 11.5 Å². The van der Waals surface area contributed by atoms with Crippen molar-refractivity contribution < 1.29 is 0 Å². The Balaban J connectivity index is 2.11. The molecule has 0 atom stereocenters. The van der Waals surface area contributed by atoms with Crippen molar-refractivity contribution in [2.24, 2.45) is 0 Å². The fraction of sp³-hybridized carbons (Fsp3) is 0.333. The molecule has 0 fully saturated rings. The highest BCUT2D eigenvalue weighted by molar-refractivity contribution is 5.64. The molecule has 20 heavy (non-hydrogen) atoms. The van der Waals surface area contributed by atoms with Gasteiger partial charge in [0.05, 0.1) is 23.0 Å². The number of benzene rings is 1. The zero-order valence-electron chi connectivity index (χ0n) is 11.8. The highest BCUT2D eigenvalue weighted by atomic mass is 15.3. The summed E-state index contributed by atoms with van der Waals surface area (Å²) in [7, 11) is 0. The Kier molecular flexibility index (Phi) is 4.26. The number of aromatic nitrogens is 2. The van der Waals surface area contributed by atoms with Gasteiger partial charge in [0, 0.05) is 13.1 Å². The fourth-order valence-corrected chi connectivity index (χ4v) is 2.04. The minimum absolute atomic E-state index is 0.657. The molecule has 1 aromatic carbocycles. The molecule has 2 aromatic rings. The lowest BCUT2D eigenvalue weighted by Gasteiger charge is -2.10. The van der Waals surface area contributed by atoms with Crippen LogP contribution in [-0.2, 0) is 13.1 Å². The molecule has 1 aromatic heterocycles. The number of rotatable bonds is 5. The maximum Gasteiger partial charge on any atom is 0.148 e. The number of nitrogen functional groups attached to an aromatic ring is 1. The second-order valence-corrected chi connectivity index (χ2v) is 4.73. The third-order valence-electron chi connectivity index (χ3n) is 3.15. The van der Waals surface area contributed by atoms with Crippen LogP contribution in [0.4, 0.5) is 11.5 Å². The largest absolute Gasteiger partial charge is 0.394 e. The minimum atomic E-state index is 0.657. The van der Waals surface area contributed by atoms with Crippen molar-refractivity contribution in [3.05, 3.63) is 41.1 Å². The van der Waals surface area contributed by atoms with Crippen molar-refractivity contribution in [1.82, 2.24) is 9.78 Å². The molecule has 5 nitrogen and oxygen atoms in total. The molecule has 0 radical (unpaired) electrons. The summed E-state index contributed by atoms with van der Waals surface area (Å²) in [4.78, 5) is 0. The number of anilines is 2. The molecule has 0 saturated heterocycles. The van der Waals surface area contributed by atoms with Gasteiger partial charge in [0.1, 0.15) is 5.82 Å². The van der Waals surface area contributed by atoms with Crippen LogP contribution >= 0.6 is 0 Å². The lowest BCUT2D eigenvalue weighted by Crippen LogP contribution is -2.09. The van der Waals surface area contributed by atoms with E-state index in [1.807, 2.05) is 35.9 Å². The lowest BCUT2D eigenvalue weighted by molar-refractivity contribution is 0.603. The molecule has 0 aliphatic heterocycles. The molecule has 3 N–H and O–H groups in total. The van der Waals surface area contributed by atoms with Crippen molar-refractivity contribution in [2.45, 2.75) is 33.4 Å². The second kappa shape index (κ2) is 6.11. The molecule has 0 amide bonds. The van der Waals surface area contributed by atoms with Crippen molar-refractivity contribution in [3.63, 3.8) is 0 Å². The Labute approximate surface area is 119 Å². The Morgan fingerprint density at radius 3 is 2.65 bits per heavy atom. The number of nitrogens with one attached hydrogen (secondary N) is 1. The SMILES string of the molecule is CCCn1nc(C)c(N)c1NCc1ccc(C#N)cc1. The topological polar surface area (TPSA) is 79.7 Å². The molecule has 0 aliphatic carbocycles. The van der Waals surface area contributed by atoms with Gasteiger partial charge in [-0.3, -0.25) is 0 Å². The molecular formula is C15H19N5. The molecule has 1 heterocycles. The highest BCUT2D eigenvalue weighted by Crippen LogP contribution is 2.23. The first-order valence-corrected chi connectivity index (χ1v) is 6.71. The predicted molar refractivity (Wildman–Crippen MR) is 80.2 cm³/mol. The smallest absolute Gasteiger partial charge is 0.148 e. The van der Waals surface area contributed by atoms with E-state index in [1.165, 1.54) is 0 Å². The zero-order chi connectivity index (χ0) is 14.5. The summed E-state index contributed by atoms with van der Waals surface area (Å²) < 4.78 is 1.91. The summed E-state index contributed by atoms with van der Waals surface area (Å²) in [6.45, 7) is 5.52. The summed E-state index contributed by atoms with van der Waals surface area (Å²) in [6.07, 6.45) is 1.01. The predicted octanol–water partition coefficient (Wildman–Crippen LogP) is 2.67. The van der Waals surface area contributed by atoms with E-state index in [0.29, 0.717) is 17.8 Å². The van der Waals surface area contributed by atoms with Crippen molar-refractivity contribution in [1.29, 1.82) is 5.26 Å². The normalized spacial score (nSPS) is 10.2. The average Bonchev–Trinajstić information content (AvgIpc) is 2.73. The summed E-state index contributed by atoms with van der Waals surface area (Å²) in [6, 6.07) is 9.62. The van der Waals surface area contributed by atoms with E-state index < -0.39 is 0 Å². The Morgan fingerprint density at radius 1 is 1.35 bits per heavy atom. The summed E-state index contributed by atoms with van der Waals surface area (Å²) >= 11 is 0. The summed E-state index contributed by atoms with van der Waals surface area (Å²) in [5.74, 6) is 0.869. The van der Waals surface area contributed by atoms with Gasteiger partial charge in [-0.25, -0.2) is 4.68 Å². The molecule has 0 spiro atoms. The maximum atomic E-state index is 8.78. The molecule has 0 bridgehead atoms. The van der Waals surface area contributed by atoms with E-state index in [0.717, 1.165) is 30.0 Å².